The number of ether oxygens (including phenoxy) is 1. The summed E-state index contributed by atoms with van der Waals surface area (Å²) in [4.78, 5) is 31.3. The van der Waals surface area contributed by atoms with E-state index < -0.39 is 5.91 Å². The number of carbonyl (C=O) groups excluding carboxylic acids is 2. The number of carbonyl (C=O) groups is 2. The molecule has 140 valence electrons. The standard InChI is InChI=1S/C21H18N4O3/c22-19(26)14-28-18-9-6-15(7-10-18)8-11-20(27)25-17-12-23-21(24-13-17)16-4-2-1-3-5-16/h1-13H,14H2,(H2,22,26)(H,25,27)/b11-8+. The third kappa shape index (κ3) is 5.50. The Hall–Kier alpha value is -4.00. The van der Waals surface area contributed by atoms with Crippen molar-refractivity contribution in [1.82, 2.24) is 9.97 Å². The van der Waals surface area contributed by atoms with Gasteiger partial charge in [0.05, 0.1) is 18.1 Å². The summed E-state index contributed by atoms with van der Waals surface area (Å²) < 4.78 is 5.18. The topological polar surface area (TPSA) is 107 Å². The van der Waals surface area contributed by atoms with Crippen LogP contribution in [-0.2, 0) is 9.59 Å². The molecule has 0 spiro atoms. The lowest BCUT2D eigenvalue weighted by molar-refractivity contribution is -0.120. The number of nitrogens with two attached hydrogens (primary N) is 1. The summed E-state index contributed by atoms with van der Waals surface area (Å²) in [5, 5.41) is 2.71. The molecule has 0 aliphatic carbocycles. The molecule has 0 aliphatic heterocycles. The zero-order valence-electron chi connectivity index (χ0n) is 14.9. The van der Waals surface area contributed by atoms with Gasteiger partial charge in [-0.05, 0) is 23.8 Å². The molecule has 0 bridgehead atoms. The quantitative estimate of drug-likeness (QED) is 0.618. The predicted molar refractivity (Wildman–Crippen MR) is 106 cm³/mol. The lowest BCUT2D eigenvalue weighted by Crippen LogP contribution is -2.19. The summed E-state index contributed by atoms with van der Waals surface area (Å²) >= 11 is 0. The van der Waals surface area contributed by atoms with Crippen molar-refractivity contribution in [3.05, 3.63) is 78.6 Å². The highest BCUT2D eigenvalue weighted by atomic mass is 16.5. The van der Waals surface area contributed by atoms with E-state index in [2.05, 4.69) is 15.3 Å². The average molecular weight is 374 g/mol. The van der Waals surface area contributed by atoms with Crippen molar-refractivity contribution in [3.8, 4) is 17.1 Å². The minimum absolute atomic E-state index is 0.178. The van der Waals surface area contributed by atoms with E-state index in [-0.39, 0.29) is 12.5 Å². The van der Waals surface area contributed by atoms with Gasteiger partial charge in [0.25, 0.3) is 5.91 Å². The Balaban J connectivity index is 1.55. The zero-order chi connectivity index (χ0) is 19.8. The number of anilines is 1. The van der Waals surface area contributed by atoms with Gasteiger partial charge < -0.3 is 15.8 Å². The monoisotopic (exact) mass is 374 g/mol. The Labute approximate surface area is 161 Å². The van der Waals surface area contributed by atoms with E-state index in [1.165, 1.54) is 6.08 Å². The third-order valence-corrected chi connectivity index (χ3v) is 3.64. The van der Waals surface area contributed by atoms with Gasteiger partial charge in [-0.1, -0.05) is 42.5 Å². The molecule has 0 saturated heterocycles. The van der Waals surface area contributed by atoms with Gasteiger partial charge in [0.15, 0.2) is 12.4 Å². The number of aromatic nitrogens is 2. The molecule has 0 fully saturated rings. The highest BCUT2D eigenvalue weighted by Gasteiger charge is 2.03. The summed E-state index contributed by atoms with van der Waals surface area (Å²) in [6.45, 7) is -0.178. The SMILES string of the molecule is NC(=O)COc1ccc(/C=C/C(=O)Nc2cnc(-c3ccccc3)nc2)cc1. The first kappa shape index (κ1) is 18.8. The normalized spacial score (nSPS) is 10.6. The molecule has 2 amide bonds. The number of hydrogen-bond donors (Lipinski definition) is 2. The molecule has 2 aromatic carbocycles. The van der Waals surface area contributed by atoms with E-state index in [1.54, 1.807) is 42.7 Å². The van der Waals surface area contributed by atoms with Gasteiger partial charge in [-0.2, -0.15) is 0 Å². The minimum atomic E-state index is -0.540. The van der Waals surface area contributed by atoms with Crippen LogP contribution in [0.2, 0.25) is 0 Å². The molecule has 3 N–H and O–H groups in total. The minimum Gasteiger partial charge on any atom is -0.484 e. The highest BCUT2D eigenvalue weighted by molar-refractivity contribution is 6.01. The van der Waals surface area contributed by atoms with Crippen molar-refractivity contribution in [2.75, 3.05) is 11.9 Å². The second kappa shape index (κ2) is 9.09. The summed E-state index contributed by atoms with van der Waals surface area (Å²) in [6, 6.07) is 16.5. The number of rotatable bonds is 7. The van der Waals surface area contributed by atoms with Crippen LogP contribution in [-0.4, -0.2) is 28.4 Å². The summed E-state index contributed by atoms with van der Waals surface area (Å²) in [7, 11) is 0. The van der Waals surface area contributed by atoms with Crippen LogP contribution < -0.4 is 15.8 Å². The Morgan fingerprint density at radius 2 is 1.68 bits per heavy atom. The first-order valence-electron chi connectivity index (χ1n) is 8.48. The molecule has 7 nitrogen and oxygen atoms in total. The van der Waals surface area contributed by atoms with Gasteiger partial charge in [0, 0.05) is 11.6 Å². The maximum absolute atomic E-state index is 12.1. The Kier molecular flexibility index (Phi) is 6.10. The van der Waals surface area contributed by atoms with E-state index in [9.17, 15) is 9.59 Å². The fourth-order valence-corrected chi connectivity index (χ4v) is 2.31. The molecule has 7 heteroatoms. The van der Waals surface area contributed by atoms with E-state index in [0.29, 0.717) is 17.3 Å². The Morgan fingerprint density at radius 1 is 1.00 bits per heavy atom. The molecular weight excluding hydrogens is 356 g/mol. The fourth-order valence-electron chi connectivity index (χ4n) is 2.31. The van der Waals surface area contributed by atoms with Gasteiger partial charge in [0.2, 0.25) is 5.91 Å². The van der Waals surface area contributed by atoms with Crippen LogP contribution in [0, 0.1) is 0 Å². The number of nitrogens with zero attached hydrogens (tertiary/aromatic N) is 2. The number of primary amides is 1. The van der Waals surface area contributed by atoms with E-state index in [4.69, 9.17) is 10.5 Å². The van der Waals surface area contributed by atoms with E-state index >= 15 is 0 Å². The third-order valence-electron chi connectivity index (χ3n) is 3.64. The van der Waals surface area contributed by atoms with Gasteiger partial charge >= 0.3 is 0 Å². The summed E-state index contributed by atoms with van der Waals surface area (Å²) in [5.41, 5.74) is 7.24. The van der Waals surface area contributed by atoms with Gasteiger partial charge in [-0.3, -0.25) is 9.59 Å². The molecule has 0 saturated carbocycles. The maximum Gasteiger partial charge on any atom is 0.255 e. The van der Waals surface area contributed by atoms with Crippen LogP contribution in [0.25, 0.3) is 17.5 Å². The van der Waals surface area contributed by atoms with Crippen LogP contribution in [0.3, 0.4) is 0 Å². The second-order valence-corrected chi connectivity index (χ2v) is 5.81. The fraction of sp³-hybridized carbons (Fsp3) is 0.0476. The molecule has 0 unspecified atom stereocenters. The second-order valence-electron chi connectivity index (χ2n) is 5.81. The van der Waals surface area contributed by atoms with Crippen molar-refractivity contribution in [2.24, 2.45) is 5.73 Å². The lowest BCUT2D eigenvalue weighted by atomic mass is 10.2. The molecule has 1 aromatic heterocycles. The van der Waals surface area contributed by atoms with Crippen molar-refractivity contribution >= 4 is 23.6 Å². The largest absolute Gasteiger partial charge is 0.484 e. The molecule has 0 aliphatic rings. The van der Waals surface area contributed by atoms with Gasteiger partial charge in [-0.15, -0.1) is 0 Å². The maximum atomic E-state index is 12.1. The molecule has 1 heterocycles. The Morgan fingerprint density at radius 3 is 2.32 bits per heavy atom. The highest BCUT2D eigenvalue weighted by Crippen LogP contribution is 2.15. The van der Waals surface area contributed by atoms with Crippen LogP contribution in [0.4, 0.5) is 5.69 Å². The molecule has 0 radical (unpaired) electrons. The van der Waals surface area contributed by atoms with E-state index in [0.717, 1.165) is 11.1 Å². The number of amides is 2. The Bertz CT molecular complexity index is 969. The van der Waals surface area contributed by atoms with Crippen LogP contribution in [0.15, 0.2) is 73.1 Å². The summed E-state index contributed by atoms with van der Waals surface area (Å²) in [6.07, 6.45) is 6.19. The van der Waals surface area contributed by atoms with Crippen molar-refractivity contribution in [3.63, 3.8) is 0 Å². The molecule has 3 rings (SSSR count). The lowest BCUT2D eigenvalue weighted by Gasteiger charge is -2.04. The van der Waals surface area contributed by atoms with Crippen LogP contribution in [0.1, 0.15) is 5.56 Å². The molecule has 28 heavy (non-hydrogen) atoms. The molecule has 0 atom stereocenters. The smallest absolute Gasteiger partial charge is 0.255 e. The predicted octanol–water partition coefficient (Wildman–Crippen LogP) is 2.66. The molecule has 3 aromatic rings. The molecular formula is C21H18N4O3. The first-order valence-corrected chi connectivity index (χ1v) is 8.48. The van der Waals surface area contributed by atoms with Crippen LogP contribution in [0.5, 0.6) is 5.75 Å². The van der Waals surface area contributed by atoms with Crippen molar-refractivity contribution in [1.29, 1.82) is 0 Å². The van der Waals surface area contributed by atoms with Gasteiger partial charge in [-0.25, -0.2) is 9.97 Å². The van der Waals surface area contributed by atoms with Crippen LogP contribution >= 0.6 is 0 Å². The van der Waals surface area contributed by atoms with Crippen molar-refractivity contribution < 1.29 is 14.3 Å². The van der Waals surface area contributed by atoms with Gasteiger partial charge in [0.1, 0.15) is 5.75 Å². The first-order chi connectivity index (χ1) is 13.6. The zero-order valence-corrected chi connectivity index (χ0v) is 14.9. The summed E-state index contributed by atoms with van der Waals surface area (Å²) in [5.74, 6) is 0.274. The number of nitrogens with one attached hydrogen (secondary N) is 1. The van der Waals surface area contributed by atoms with E-state index in [1.807, 2.05) is 30.3 Å². The number of benzene rings is 2. The average Bonchev–Trinajstić information content (AvgIpc) is 2.73. The number of hydrogen-bond acceptors (Lipinski definition) is 5. The van der Waals surface area contributed by atoms with Crippen molar-refractivity contribution in [2.45, 2.75) is 0 Å².